The number of benzene rings is 1. The van der Waals surface area contributed by atoms with Gasteiger partial charge in [-0.05, 0) is 18.2 Å². The number of nitrogens with one attached hydrogen (secondary N) is 1. The molecule has 0 unspecified atom stereocenters. The van der Waals surface area contributed by atoms with Crippen molar-refractivity contribution in [1.29, 1.82) is 0 Å². The molecule has 1 aromatic carbocycles. The number of nitrogens with zero attached hydrogens (tertiary/aromatic N) is 4. The Morgan fingerprint density at radius 2 is 2.00 bits per heavy atom. The van der Waals surface area contributed by atoms with Crippen LogP contribution in [0, 0.1) is 0 Å². The second-order valence-corrected chi connectivity index (χ2v) is 7.04. The van der Waals surface area contributed by atoms with Gasteiger partial charge in [-0.1, -0.05) is 12.1 Å². The molecule has 8 nitrogen and oxygen atoms in total. The van der Waals surface area contributed by atoms with Crippen molar-refractivity contribution in [3.8, 4) is 11.5 Å². The SMILES string of the molecule is Cn1ncc2cccc(NS(=O)(=O)c3ccc(-c4cnco4)nc3)c21. The number of sulfonamides is 1. The van der Waals surface area contributed by atoms with E-state index >= 15 is 0 Å². The van der Waals surface area contributed by atoms with Gasteiger partial charge in [0.15, 0.2) is 12.2 Å². The zero-order valence-corrected chi connectivity index (χ0v) is 13.9. The predicted molar refractivity (Wildman–Crippen MR) is 91.3 cm³/mol. The first-order valence-corrected chi connectivity index (χ1v) is 8.81. The van der Waals surface area contributed by atoms with E-state index in [4.69, 9.17) is 4.42 Å². The van der Waals surface area contributed by atoms with Gasteiger partial charge in [0.2, 0.25) is 0 Å². The number of anilines is 1. The first-order valence-electron chi connectivity index (χ1n) is 7.33. The fraction of sp³-hybridized carbons (Fsp3) is 0.0625. The Balaban J connectivity index is 1.68. The van der Waals surface area contributed by atoms with Crippen LogP contribution in [0.4, 0.5) is 5.69 Å². The lowest BCUT2D eigenvalue weighted by molar-refractivity contribution is 0.569. The number of pyridine rings is 1. The van der Waals surface area contributed by atoms with E-state index in [0.29, 0.717) is 22.7 Å². The molecular formula is C16H13N5O3S. The minimum Gasteiger partial charge on any atom is -0.442 e. The zero-order chi connectivity index (χ0) is 17.4. The highest BCUT2D eigenvalue weighted by atomic mass is 32.2. The smallest absolute Gasteiger partial charge is 0.263 e. The van der Waals surface area contributed by atoms with Crippen molar-refractivity contribution in [2.45, 2.75) is 4.90 Å². The number of rotatable bonds is 4. The number of hydrogen-bond donors (Lipinski definition) is 1. The summed E-state index contributed by atoms with van der Waals surface area (Å²) in [6.45, 7) is 0. The first kappa shape index (κ1) is 15.3. The van der Waals surface area contributed by atoms with Crippen molar-refractivity contribution in [1.82, 2.24) is 19.7 Å². The van der Waals surface area contributed by atoms with Gasteiger partial charge in [0.05, 0.1) is 23.6 Å². The van der Waals surface area contributed by atoms with Gasteiger partial charge < -0.3 is 4.42 Å². The van der Waals surface area contributed by atoms with E-state index in [0.717, 1.165) is 5.39 Å². The molecule has 3 heterocycles. The second kappa shape index (κ2) is 5.71. The predicted octanol–water partition coefficient (Wildman–Crippen LogP) is 2.42. The number of aryl methyl sites for hydroxylation is 1. The average Bonchev–Trinajstić information content (AvgIpc) is 3.26. The third-order valence-corrected chi connectivity index (χ3v) is 5.09. The summed E-state index contributed by atoms with van der Waals surface area (Å²) < 4.78 is 34.7. The highest BCUT2D eigenvalue weighted by Gasteiger charge is 2.18. The van der Waals surface area contributed by atoms with Crippen LogP contribution in [0.25, 0.3) is 22.4 Å². The van der Waals surface area contributed by atoms with Crippen LogP contribution in [0.15, 0.2) is 64.6 Å². The highest BCUT2D eigenvalue weighted by molar-refractivity contribution is 7.92. The molecule has 126 valence electrons. The van der Waals surface area contributed by atoms with Gasteiger partial charge in [0, 0.05) is 18.6 Å². The molecule has 1 N–H and O–H groups in total. The van der Waals surface area contributed by atoms with Crippen LogP contribution in [0.5, 0.6) is 0 Å². The molecule has 0 fully saturated rings. The molecule has 4 rings (SSSR count). The Hall–Kier alpha value is -3.20. The number of fused-ring (bicyclic) bond motifs is 1. The number of hydrogen-bond acceptors (Lipinski definition) is 6. The van der Waals surface area contributed by atoms with Gasteiger partial charge in [-0.2, -0.15) is 5.10 Å². The van der Waals surface area contributed by atoms with Crippen molar-refractivity contribution in [2.75, 3.05) is 4.72 Å². The van der Waals surface area contributed by atoms with Gasteiger partial charge in [-0.3, -0.25) is 14.4 Å². The third kappa shape index (κ3) is 2.74. The fourth-order valence-electron chi connectivity index (χ4n) is 2.55. The zero-order valence-electron chi connectivity index (χ0n) is 13.1. The summed E-state index contributed by atoms with van der Waals surface area (Å²) in [6.07, 6.45) is 5.76. The molecule has 0 amide bonds. The first-order chi connectivity index (χ1) is 12.0. The Morgan fingerprint density at radius 1 is 1.12 bits per heavy atom. The molecule has 9 heteroatoms. The molecule has 0 atom stereocenters. The van der Waals surface area contributed by atoms with E-state index in [9.17, 15) is 8.42 Å². The molecule has 0 saturated heterocycles. The molecule has 0 aliphatic rings. The van der Waals surface area contributed by atoms with Crippen molar-refractivity contribution in [2.24, 2.45) is 7.05 Å². The lowest BCUT2D eigenvalue weighted by atomic mass is 10.2. The minimum absolute atomic E-state index is 0.0509. The molecule has 25 heavy (non-hydrogen) atoms. The number of oxazole rings is 1. The molecule has 0 radical (unpaired) electrons. The van der Waals surface area contributed by atoms with E-state index in [-0.39, 0.29) is 4.90 Å². The highest BCUT2D eigenvalue weighted by Crippen LogP contribution is 2.25. The van der Waals surface area contributed by atoms with Gasteiger partial charge in [0.25, 0.3) is 10.0 Å². The second-order valence-electron chi connectivity index (χ2n) is 5.36. The Labute approximate surface area is 143 Å². The molecule has 0 saturated carbocycles. The largest absolute Gasteiger partial charge is 0.442 e. The normalized spacial score (nSPS) is 11.7. The van der Waals surface area contributed by atoms with E-state index in [1.807, 2.05) is 6.07 Å². The van der Waals surface area contributed by atoms with Crippen LogP contribution in [0.1, 0.15) is 0 Å². The fourth-order valence-corrected chi connectivity index (χ4v) is 3.56. The number of aromatic nitrogens is 4. The Kier molecular flexibility index (Phi) is 3.50. The molecular weight excluding hydrogens is 342 g/mol. The van der Waals surface area contributed by atoms with E-state index in [2.05, 4.69) is 19.8 Å². The van der Waals surface area contributed by atoms with Crippen LogP contribution in [0.3, 0.4) is 0 Å². The molecule has 0 bridgehead atoms. The van der Waals surface area contributed by atoms with Gasteiger partial charge in [-0.15, -0.1) is 0 Å². The summed E-state index contributed by atoms with van der Waals surface area (Å²) in [5.41, 5.74) is 1.67. The van der Waals surface area contributed by atoms with Crippen molar-refractivity contribution < 1.29 is 12.8 Å². The minimum atomic E-state index is -3.78. The third-order valence-electron chi connectivity index (χ3n) is 3.74. The van der Waals surface area contributed by atoms with Crippen LogP contribution >= 0.6 is 0 Å². The van der Waals surface area contributed by atoms with Gasteiger partial charge >= 0.3 is 0 Å². The lowest BCUT2D eigenvalue weighted by Gasteiger charge is -2.10. The maximum Gasteiger partial charge on any atom is 0.263 e. The molecule has 0 spiro atoms. The average molecular weight is 355 g/mol. The van der Waals surface area contributed by atoms with E-state index < -0.39 is 10.0 Å². The summed E-state index contributed by atoms with van der Waals surface area (Å²) in [6, 6.07) is 8.37. The maximum atomic E-state index is 12.7. The van der Waals surface area contributed by atoms with Crippen LogP contribution in [0.2, 0.25) is 0 Å². The van der Waals surface area contributed by atoms with E-state index in [1.165, 1.54) is 24.9 Å². The van der Waals surface area contributed by atoms with Crippen LogP contribution in [-0.2, 0) is 17.1 Å². The number of para-hydroxylation sites is 1. The summed E-state index contributed by atoms with van der Waals surface area (Å²) >= 11 is 0. The van der Waals surface area contributed by atoms with Crippen LogP contribution in [-0.4, -0.2) is 28.2 Å². The summed E-state index contributed by atoms with van der Waals surface area (Å²) in [4.78, 5) is 7.99. The standard InChI is InChI=1S/C16H13N5O3S/c1-21-16-11(7-19-21)3-2-4-14(16)20-25(22,23)12-5-6-13(18-8-12)15-9-17-10-24-15/h2-10,20H,1H3. The van der Waals surface area contributed by atoms with Crippen molar-refractivity contribution >= 4 is 26.6 Å². The van der Waals surface area contributed by atoms with Crippen molar-refractivity contribution in [3.05, 3.63) is 55.3 Å². The molecule has 0 aliphatic heterocycles. The van der Waals surface area contributed by atoms with Gasteiger partial charge in [0.1, 0.15) is 10.6 Å². The molecule has 3 aromatic heterocycles. The summed E-state index contributed by atoms with van der Waals surface area (Å²) in [7, 11) is -2.03. The quantitative estimate of drug-likeness (QED) is 0.603. The Bertz CT molecular complexity index is 1130. The molecule has 4 aromatic rings. The summed E-state index contributed by atoms with van der Waals surface area (Å²) in [5.74, 6) is 0.469. The summed E-state index contributed by atoms with van der Waals surface area (Å²) in [5, 5.41) is 5.00. The maximum absolute atomic E-state index is 12.7. The van der Waals surface area contributed by atoms with Crippen LogP contribution < -0.4 is 4.72 Å². The monoisotopic (exact) mass is 355 g/mol. The Morgan fingerprint density at radius 3 is 2.72 bits per heavy atom. The van der Waals surface area contributed by atoms with E-state index in [1.54, 1.807) is 36.1 Å². The lowest BCUT2D eigenvalue weighted by Crippen LogP contribution is -2.14. The molecule has 0 aliphatic carbocycles. The van der Waals surface area contributed by atoms with Gasteiger partial charge in [-0.25, -0.2) is 13.4 Å². The van der Waals surface area contributed by atoms with Crippen molar-refractivity contribution in [3.63, 3.8) is 0 Å². The topological polar surface area (TPSA) is 103 Å².